The molecule has 0 saturated heterocycles. The van der Waals surface area contributed by atoms with Crippen LogP contribution in [-0.2, 0) is 52.2 Å². The molecule has 0 radical (unpaired) electrons. The van der Waals surface area contributed by atoms with Crippen LogP contribution in [-0.4, -0.2) is 72.0 Å². The summed E-state index contributed by atoms with van der Waals surface area (Å²) < 4.78 is 62.9. The molecule has 5 atom stereocenters. The summed E-state index contributed by atoms with van der Waals surface area (Å²) in [5.41, 5.74) is -0.672. The smallest absolute Gasteiger partial charge is 0.394 e. The van der Waals surface area contributed by atoms with Crippen LogP contribution in [0.2, 0.25) is 0 Å². The van der Waals surface area contributed by atoms with Crippen LogP contribution in [0.1, 0.15) is 30.5 Å². The summed E-state index contributed by atoms with van der Waals surface area (Å²) >= 11 is 0. The fourth-order valence-corrected chi connectivity index (χ4v) is 5.59. The Morgan fingerprint density at radius 2 is 1.23 bits per heavy atom. The Morgan fingerprint density at radius 3 is 1.68 bits per heavy atom. The van der Waals surface area contributed by atoms with Crippen LogP contribution in [0.15, 0.2) is 91.0 Å². The molecule has 0 aliphatic carbocycles. The third kappa shape index (κ3) is 10.8. The Labute approximate surface area is 257 Å². The van der Waals surface area contributed by atoms with E-state index in [1.807, 2.05) is 12.1 Å². The lowest BCUT2D eigenvalue weighted by Gasteiger charge is -2.42. The van der Waals surface area contributed by atoms with Crippen LogP contribution >= 0.6 is 7.82 Å². The summed E-state index contributed by atoms with van der Waals surface area (Å²) in [7, 11) is -4.50. The van der Waals surface area contributed by atoms with E-state index >= 15 is 4.39 Å². The van der Waals surface area contributed by atoms with Crippen molar-refractivity contribution >= 4 is 7.82 Å². The largest absolute Gasteiger partial charge is 0.477 e. The number of phosphoric ester groups is 1. The van der Waals surface area contributed by atoms with Gasteiger partial charge in [-0.2, -0.15) is 0 Å². The van der Waals surface area contributed by atoms with Crippen molar-refractivity contribution in [3.05, 3.63) is 108 Å². The molecule has 0 aliphatic heterocycles. The molecule has 10 nitrogen and oxygen atoms in total. The average molecular weight is 637 g/mol. The molecule has 0 amide bonds. The molecule has 242 valence electrons. The van der Waals surface area contributed by atoms with Crippen molar-refractivity contribution in [3.63, 3.8) is 0 Å². The molecule has 3 aromatic carbocycles. The van der Waals surface area contributed by atoms with E-state index in [9.17, 15) is 19.9 Å². The predicted molar refractivity (Wildman–Crippen MR) is 161 cm³/mol. The van der Waals surface area contributed by atoms with E-state index in [4.69, 9.17) is 27.8 Å². The van der Waals surface area contributed by atoms with Gasteiger partial charge in [-0.1, -0.05) is 91.0 Å². The first kappa shape index (κ1) is 35.9. The van der Waals surface area contributed by atoms with E-state index in [0.29, 0.717) is 11.1 Å². The van der Waals surface area contributed by atoms with Crippen molar-refractivity contribution in [2.45, 2.75) is 63.9 Å². The zero-order valence-corrected chi connectivity index (χ0v) is 25.8. The monoisotopic (exact) mass is 636 g/mol. The van der Waals surface area contributed by atoms with E-state index in [1.165, 1.54) is 13.8 Å². The molecule has 0 heterocycles. The molecule has 12 heteroatoms. The quantitative estimate of drug-likeness (QED) is 0.138. The third-order valence-electron chi connectivity index (χ3n) is 6.55. The number of aliphatic hydroxyl groups excluding tert-OH is 2. The lowest BCUT2D eigenvalue weighted by molar-refractivity contribution is -0.265. The number of aliphatic hydroxyl groups is 3. The van der Waals surface area contributed by atoms with Gasteiger partial charge in [0.15, 0.2) is 5.60 Å². The molecular formula is C32H42FO10P. The van der Waals surface area contributed by atoms with Gasteiger partial charge in [0.25, 0.3) is 0 Å². The van der Waals surface area contributed by atoms with E-state index in [1.54, 1.807) is 78.9 Å². The highest BCUT2D eigenvalue weighted by Crippen LogP contribution is 2.52. The van der Waals surface area contributed by atoms with Crippen molar-refractivity contribution in [1.29, 1.82) is 0 Å². The lowest BCUT2D eigenvalue weighted by Crippen LogP contribution is -2.63. The van der Waals surface area contributed by atoms with Gasteiger partial charge in [-0.15, -0.1) is 0 Å². The molecule has 3 aromatic rings. The first-order valence-corrected chi connectivity index (χ1v) is 15.9. The number of phosphoric acid groups is 1. The number of benzene rings is 3. The molecule has 0 fully saturated rings. The minimum Gasteiger partial charge on any atom is -0.394 e. The van der Waals surface area contributed by atoms with E-state index in [0.717, 1.165) is 5.56 Å². The summed E-state index contributed by atoms with van der Waals surface area (Å²) in [4.78, 5) is 0. The Bertz CT molecular complexity index is 1230. The number of hydrogen-bond donors (Lipinski definition) is 3. The van der Waals surface area contributed by atoms with Gasteiger partial charge in [0.05, 0.1) is 46.2 Å². The number of halogens is 1. The van der Waals surface area contributed by atoms with Crippen molar-refractivity contribution in [2.75, 3.05) is 26.4 Å². The number of alkyl halides is 1. The van der Waals surface area contributed by atoms with Crippen LogP contribution in [0.3, 0.4) is 0 Å². The fourth-order valence-electron chi connectivity index (χ4n) is 4.36. The second kappa shape index (κ2) is 18.4. The van der Waals surface area contributed by atoms with Crippen molar-refractivity contribution in [3.8, 4) is 0 Å². The van der Waals surface area contributed by atoms with Gasteiger partial charge < -0.3 is 29.5 Å². The summed E-state index contributed by atoms with van der Waals surface area (Å²) in [6.45, 7) is 0.945. The van der Waals surface area contributed by atoms with Crippen LogP contribution in [0.25, 0.3) is 0 Å². The first-order valence-electron chi connectivity index (χ1n) is 14.4. The van der Waals surface area contributed by atoms with Crippen LogP contribution in [0, 0.1) is 0 Å². The molecule has 0 bridgehead atoms. The summed E-state index contributed by atoms with van der Waals surface area (Å²) in [6.07, 6.45) is -7.69. The second-order valence-corrected chi connectivity index (χ2v) is 11.5. The Kier molecular flexibility index (Phi) is 15.1. The normalized spacial score (nSPS) is 16.1. The molecule has 0 spiro atoms. The maximum absolute atomic E-state index is 16.4. The van der Waals surface area contributed by atoms with E-state index < -0.39 is 51.3 Å². The predicted octanol–water partition coefficient (Wildman–Crippen LogP) is 4.95. The highest BCUT2D eigenvalue weighted by atomic mass is 31.2. The zero-order chi connectivity index (χ0) is 31.8. The van der Waals surface area contributed by atoms with E-state index in [-0.39, 0.29) is 33.0 Å². The fraction of sp³-hybridized carbons (Fsp3) is 0.438. The minimum atomic E-state index is -4.50. The molecule has 44 heavy (non-hydrogen) atoms. The molecule has 0 aliphatic rings. The molecule has 3 N–H and O–H groups in total. The van der Waals surface area contributed by atoms with Crippen LogP contribution in [0.5, 0.6) is 0 Å². The summed E-state index contributed by atoms with van der Waals surface area (Å²) in [5.74, 6) is 0. The van der Waals surface area contributed by atoms with Gasteiger partial charge in [0.2, 0.25) is 6.36 Å². The van der Waals surface area contributed by atoms with Crippen molar-refractivity contribution in [1.82, 2.24) is 0 Å². The Hall–Kier alpha value is -2.54. The maximum atomic E-state index is 16.4. The van der Waals surface area contributed by atoms with Crippen LogP contribution in [0.4, 0.5) is 4.39 Å². The summed E-state index contributed by atoms with van der Waals surface area (Å²) in [6, 6.07) is 26.8. The highest BCUT2D eigenvalue weighted by Gasteiger charge is 2.55. The maximum Gasteiger partial charge on any atom is 0.477 e. The topological polar surface area (TPSA) is 133 Å². The average Bonchev–Trinajstić information content (AvgIpc) is 3.03. The number of rotatable bonds is 21. The standard InChI is InChI=1S/C32H42FO10P/c1-3-41-44(37,42-4-2)43-31(33)32(36,24-38-21-25-14-8-5-9-15-25)30(40-23-27-18-12-7-13-19-27)29(28(35)20-34)39-22-26-16-10-6-11-17-26/h5-19,28-31,34-36H,3-4,20-24H2,1-2H3/t28-,29-,30+,31?,32-/m1/s1. The second-order valence-electron chi connectivity index (χ2n) is 9.90. The first-order chi connectivity index (χ1) is 21.2. The van der Waals surface area contributed by atoms with E-state index in [2.05, 4.69) is 0 Å². The van der Waals surface area contributed by atoms with Gasteiger partial charge in [-0.05, 0) is 30.5 Å². The zero-order valence-electron chi connectivity index (χ0n) is 24.9. The summed E-state index contributed by atoms with van der Waals surface area (Å²) in [5, 5.41) is 33.1. The Balaban J connectivity index is 2.03. The number of ether oxygens (including phenoxy) is 3. The number of hydrogen-bond acceptors (Lipinski definition) is 10. The Morgan fingerprint density at radius 1 is 0.773 bits per heavy atom. The van der Waals surface area contributed by atoms with Gasteiger partial charge in [0.1, 0.15) is 18.3 Å². The van der Waals surface area contributed by atoms with Gasteiger partial charge >= 0.3 is 7.82 Å². The van der Waals surface area contributed by atoms with Gasteiger partial charge in [-0.3, -0.25) is 9.05 Å². The minimum absolute atomic E-state index is 0.0338. The highest BCUT2D eigenvalue weighted by molar-refractivity contribution is 7.48. The lowest BCUT2D eigenvalue weighted by atomic mass is 9.90. The molecule has 3 rings (SSSR count). The molecule has 0 aromatic heterocycles. The SMILES string of the molecule is CCOP(=O)(OCC)OC(F)[C@@](O)(COCc1ccccc1)[C@@H](OCc1ccccc1)[C@H](OCc1ccccc1)[C@H](O)CO. The van der Waals surface area contributed by atoms with Gasteiger partial charge in [0, 0.05) is 0 Å². The molecule has 1 unspecified atom stereocenters. The van der Waals surface area contributed by atoms with Crippen molar-refractivity contribution < 1.29 is 52.1 Å². The third-order valence-corrected chi connectivity index (χ3v) is 8.14. The van der Waals surface area contributed by atoms with Crippen LogP contribution < -0.4 is 0 Å². The van der Waals surface area contributed by atoms with Gasteiger partial charge in [-0.25, -0.2) is 13.5 Å². The molecule has 0 saturated carbocycles. The van der Waals surface area contributed by atoms with Crippen molar-refractivity contribution in [2.24, 2.45) is 0 Å². The molecular weight excluding hydrogens is 594 g/mol.